The van der Waals surface area contributed by atoms with Gasteiger partial charge in [-0.15, -0.1) is 11.3 Å². The van der Waals surface area contributed by atoms with E-state index >= 15 is 0 Å². The van der Waals surface area contributed by atoms with Gasteiger partial charge < -0.3 is 10.4 Å². The van der Waals surface area contributed by atoms with Crippen LogP contribution in [-0.2, 0) is 0 Å². The lowest BCUT2D eigenvalue weighted by atomic mass is 10.3. The van der Waals surface area contributed by atoms with E-state index in [1.807, 2.05) is 0 Å². The highest BCUT2D eigenvalue weighted by molar-refractivity contribution is 7.15. The zero-order valence-corrected chi connectivity index (χ0v) is 10.3. The Balaban J connectivity index is 2.36. The minimum Gasteiger partial charge on any atom is -0.476 e. The number of anilines is 2. The van der Waals surface area contributed by atoms with Gasteiger partial charge in [-0.25, -0.2) is 22.9 Å². The Morgan fingerprint density at radius 3 is 2.63 bits per heavy atom. The van der Waals surface area contributed by atoms with Crippen LogP contribution in [0.2, 0.25) is 0 Å². The summed E-state index contributed by atoms with van der Waals surface area (Å²) in [6.45, 7) is 1.52. The van der Waals surface area contributed by atoms with Gasteiger partial charge in [-0.05, 0) is 6.92 Å². The fraction of sp³-hybridized carbons (Fsp3) is 0.0909. The molecule has 0 aliphatic carbocycles. The summed E-state index contributed by atoms with van der Waals surface area (Å²) >= 11 is 0.943. The van der Waals surface area contributed by atoms with Gasteiger partial charge in [-0.2, -0.15) is 0 Å². The minimum absolute atomic E-state index is 0.0406. The van der Waals surface area contributed by atoms with Gasteiger partial charge in [0.25, 0.3) is 0 Å². The lowest BCUT2D eigenvalue weighted by Gasteiger charge is -2.04. The molecule has 2 N–H and O–H groups in total. The van der Waals surface area contributed by atoms with Crippen LogP contribution in [0.3, 0.4) is 0 Å². The molecule has 1 aromatic carbocycles. The molecule has 0 saturated heterocycles. The van der Waals surface area contributed by atoms with Crippen LogP contribution in [0.15, 0.2) is 12.1 Å². The first-order chi connectivity index (χ1) is 8.88. The average molecular weight is 288 g/mol. The molecule has 19 heavy (non-hydrogen) atoms. The summed E-state index contributed by atoms with van der Waals surface area (Å²) in [5.41, 5.74) is -0.632. The highest BCUT2D eigenvalue weighted by Gasteiger charge is 2.16. The zero-order chi connectivity index (χ0) is 14.2. The van der Waals surface area contributed by atoms with E-state index in [0.717, 1.165) is 17.4 Å². The quantitative estimate of drug-likeness (QED) is 0.851. The predicted molar refractivity (Wildman–Crippen MR) is 63.4 cm³/mol. The fourth-order valence-corrected chi connectivity index (χ4v) is 2.23. The van der Waals surface area contributed by atoms with Crippen LogP contribution in [0, 0.1) is 24.4 Å². The average Bonchev–Trinajstić information content (AvgIpc) is 2.66. The SMILES string of the molecule is Cc1sc(Nc2cc(F)cc(F)c2F)nc1C(=O)O. The van der Waals surface area contributed by atoms with Crippen molar-refractivity contribution in [3.8, 4) is 0 Å². The normalized spacial score (nSPS) is 10.5. The number of nitrogens with zero attached hydrogens (tertiary/aromatic N) is 1. The lowest BCUT2D eigenvalue weighted by Crippen LogP contribution is -2.00. The van der Waals surface area contributed by atoms with E-state index in [1.165, 1.54) is 6.92 Å². The van der Waals surface area contributed by atoms with Crippen LogP contribution >= 0.6 is 11.3 Å². The number of carboxylic acid groups (broad SMARTS) is 1. The molecule has 0 saturated carbocycles. The molecular weight excluding hydrogens is 281 g/mol. The van der Waals surface area contributed by atoms with E-state index in [2.05, 4.69) is 10.3 Å². The summed E-state index contributed by atoms with van der Waals surface area (Å²) in [4.78, 5) is 14.9. The van der Waals surface area contributed by atoms with Crippen LogP contribution in [0.25, 0.3) is 0 Å². The number of rotatable bonds is 3. The molecule has 0 bridgehead atoms. The van der Waals surface area contributed by atoms with Crippen molar-refractivity contribution < 1.29 is 23.1 Å². The van der Waals surface area contributed by atoms with Crippen LogP contribution in [0.1, 0.15) is 15.4 Å². The van der Waals surface area contributed by atoms with Crippen molar-refractivity contribution in [1.82, 2.24) is 4.98 Å². The first kappa shape index (κ1) is 13.3. The largest absolute Gasteiger partial charge is 0.476 e. The van der Waals surface area contributed by atoms with Crippen LogP contribution in [-0.4, -0.2) is 16.1 Å². The predicted octanol–water partition coefficient (Wildman–Crippen LogP) is 3.31. The topological polar surface area (TPSA) is 62.2 Å². The maximum atomic E-state index is 13.4. The van der Waals surface area contributed by atoms with E-state index in [0.29, 0.717) is 10.9 Å². The van der Waals surface area contributed by atoms with Gasteiger partial charge in [0.15, 0.2) is 22.5 Å². The monoisotopic (exact) mass is 288 g/mol. The van der Waals surface area contributed by atoms with E-state index in [1.54, 1.807) is 0 Å². The Labute approximate surface area is 109 Å². The number of aromatic nitrogens is 1. The van der Waals surface area contributed by atoms with Crippen molar-refractivity contribution in [2.24, 2.45) is 0 Å². The molecule has 1 heterocycles. The van der Waals surface area contributed by atoms with Gasteiger partial charge in [-0.1, -0.05) is 0 Å². The summed E-state index contributed by atoms with van der Waals surface area (Å²) in [7, 11) is 0. The maximum Gasteiger partial charge on any atom is 0.355 e. The molecule has 8 heteroatoms. The maximum absolute atomic E-state index is 13.4. The molecule has 100 valence electrons. The van der Waals surface area contributed by atoms with E-state index in [4.69, 9.17) is 5.11 Å². The summed E-state index contributed by atoms with van der Waals surface area (Å²) in [5, 5.41) is 11.2. The molecule has 4 nitrogen and oxygen atoms in total. The third-order valence-corrected chi connectivity index (χ3v) is 3.12. The summed E-state index contributed by atoms with van der Waals surface area (Å²) in [5.74, 6) is -4.78. The number of halogens is 3. The number of thiazole rings is 1. The van der Waals surface area contributed by atoms with Crippen LogP contribution < -0.4 is 5.32 Å². The number of hydrogen-bond donors (Lipinski definition) is 2. The number of benzene rings is 1. The first-order valence-corrected chi connectivity index (χ1v) is 5.82. The summed E-state index contributed by atoms with van der Waals surface area (Å²) in [6.07, 6.45) is 0. The van der Waals surface area contributed by atoms with Gasteiger partial charge in [0.1, 0.15) is 5.82 Å². The molecular formula is C11H7F3N2O2S. The standard InChI is InChI=1S/C11H7F3N2O2S/c1-4-9(10(17)18)16-11(19-4)15-7-3-5(12)2-6(13)8(7)14/h2-3H,1H3,(H,15,16)(H,17,18). The summed E-state index contributed by atoms with van der Waals surface area (Å²) < 4.78 is 39.3. The number of aryl methyl sites for hydroxylation is 1. The van der Waals surface area contributed by atoms with E-state index in [9.17, 15) is 18.0 Å². The Hall–Kier alpha value is -2.09. The lowest BCUT2D eigenvalue weighted by molar-refractivity contribution is 0.0690. The Morgan fingerprint density at radius 1 is 1.37 bits per heavy atom. The molecule has 0 aliphatic heterocycles. The first-order valence-electron chi connectivity index (χ1n) is 5.00. The molecule has 2 rings (SSSR count). The Morgan fingerprint density at radius 2 is 2.05 bits per heavy atom. The molecule has 2 aromatic rings. The third kappa shape index (κ3) is 2.68. The molecule has 0 aliphatic rings. The minimum atomic E-state index is -1.34. The second kappa shape index (κ2) is 4.88. The second-order valence-electron chi connectivity index (χ2n) is 3.60. The van der Waals surface area contributed by atoms with Gasteiger partial charge in [0, 0.05) is 17.0 Å². The number of carboxylic acids is 1. The summed E-state index contributed by atoms with van der Waals surface area (Å²) in [6, 6.07) is 1.17. The molecule has 0 atom stereocenters. The number of nitrogens with one attached hydrogen (secondary N) is 1. The van der Waals surface area contributed by atoms with Crippen molar-refractivity contribution in [1.29, 1.82) is 0 Å². The van der Waals surface area contributed by atoms with Gasteiger partial charge >= 0.3 is 5.97 Å². The van der Waals surface area contributed by atoms with E-state index in [-0.39, 0.29) is 10.8 Å². The van der Waals surface area contributed by atoms with Crippen LogP contribution in [0.5, 0.6) is 0 Å². The van der Waals surface area contributed by atoms with Gasteiger partial charge in [-0.3, -0.25) is 0 Å². The van der Waals surface area contributed by atoms with Crippen molar-refractivity contribution in [3.05, 3.63) is 40.2 Å². The molecule has 0 spiro atoms. The molecule has 0 unspecified atom stereocenters. The number of hydrogen-bond acceptors (Lipinski definition) is 4. The zero-order valence-electron chi connectivity index (χ0n) is 9.50. The highest BCUT2D eigenvalue weighted by atomic mass is 32.1. The molecule has 0 fully saturated rings. The van der Waals surface area contributed by atoms with E-state index < -0.39 is 29.1 Å². The van der Waals surface area contributed by atoms with Crippen molar-refractivity contribution in [3.63, 3.8) is 0 Å². The smallest absolute Gasteiger partial charge is 0.355 e. The van der Waals surface area contributed by atoms with Crippen molar-refractivity contribution >= 4 is 28.1 Å². The second-order valence-corrected chi connectivity index (χ2v) is 4.81. The van der Waals surface area contributed by atoms with Crippen molar-refractivity contribution in [2.45, 2.75) is 6.92 Å². The Bertz CT molecular complexity index is 658. The molecule has 0 amide bonds. The third-order valence-electron chi connectivity index (χ3n) is 2.23. The van der Waals surface area contributed by atoms with Crippen LogP contribution in [0.4, 0.5) is 24.0 Å². The van der Waals surface area contributed by atoms with Gasteiger partial charge in [0.05, 0.1) is 5.69 Å². The molecule has 1 aromatic heterocycles. The Kier molecular flexibility index (Phi) is 3.43. The fourth-order valence-electron chi connectivity index (χ4n) is 1.41. The number of aromatic carboxylic acids is 1. The van der Waals surface area contributed by atoms with Gasteiger partial charge in [0.2, 0.25) is 0 Å². The number of carbonyl (C=O) groups is 1. The highest BCUT2D eigenvalue weighted by Crippen LogP contribution is 2.28. The van der Waals surface area contributed by atoms with Crippen molar-refractivity contribution in [2.75, 3.05) is 5.32 Å². The molecule has 0 radical (unpaired) electrons.